The molecule has 4 fully saturated rings. The third-order valence-electron chi connectivity index (χ3n) is 8.07. The van der Waals surface area contributed by atoms with Crippen LogP contribution in [0.3, 0.4) is 0 Å². The first-order chi connectivity index (χ1) is 18.4. The largest absolute Gasteiger partial charge is 0.378 e. The number of aromatic amines is 1. The Kier molecular flexibility index (Phi) is 6.23. The zero-order valence-electron chi connectivity index (χ0n) is 21.5. The van der Waals surface area contributed by atoms with Crippen molar-refractivity contribution in [3.8, 4) is 11.3 Å². The number of ether oxygens (including phenoxy) is 1. The minimum Gasteiger partial charge on any atom is -0.378 e. The molecule has 10 nitrogen and oxygen atoms in total. The van der Waals surface area contributed by atoms with E-state index in [1.54, 1.807) is 0 Å². The summed E-state index contributed by atoms with van der Waals surface area (Å²) in [5.74, 6) is 0. The highest BCUT2D eigenvalue weighted by Gasteiger charge is 2.39. The Bertz CT molecular complexity index is 1060. The molecular formula is C27H38N8O2. The predicted octanol–water partition coefficient (Wildman–Crippen LogP) is 2.47. The molecule has 0 radical (unpaired) electrons. The minimum atomic E-state index is 0.751. The third kappa shape index (κ3) is 4.07. The third-order valence-corrected chi connectivity index (χ3v) is 8.07. The van der Waals surface area contributed by atoms with Crippen LogP contribution in [-0.2, 0) is 9.57 Å². The van der Waals surface area contributed by atoms with Gasteiger partial charge in [-0.2, -0.15) is 0 Å². The van der Waals surface area contributed by atoms with Crippen molar-refractivity contribution in [2.24, 2.45) is 0 Å². The van der Waals surface area contributed by atoms with Gasteiger partial charge in [-0.25, -0.2) is 0 Å². The van der Waals surface area contributed by atoms with Crippen molar-refractivity contribution in [1.82, 2.24) is 15.7 Å². The number of aromatic nitrogens is 1. The summed E-state index contributed by atoms with van der Waals surface area (Å²) < 4.78 is 5.84. The van der Waals surface area contributed by atoms with Gasteiger partial charge in [-0.3, -0.25) is 20.2 Å². The molecule has 4 saturated heterocycles. The Morgan fingerprint density at radius 1 is 0.757 bits per heavy atom. The Hall–Kier alpha value is -3.08. The van der Waals surface area contributed by atoms with Crippen molar-refractivity contribution in [2.75, 3.05) is 104 Å². The van der Waals surface area contributed by atoms with Gasteiger partial charge in [0.2, 0.25) is 0 Å². The maximum Gasteiger partial charge on any atom is 0.101 e. The second-order valence-electron chi connectivity index (χ2n) is 10.3. The monoisotopic (exact) mass is 506 g/mol. The van der Waals surface area contributed by atoms with E-state index in [0.717, 1.165) is 91.0 Å². The van der Waals surface area contributed by atoms with Crippen LogP contribution in [0.25, 0.3) is 11.3 Å². The molecule has 0 spiro atoms. The Morgan fingerprint density at radius 2 is 1.57 bits per heavy atom. The summed E-state index contributed by atoms with van der Waals surface area (Å²) >= 11 is 0. The molecule has 0 saturated carbocycles. The molecule has 198 valence electrons. The number of hydrogen-bond acceptors (Lipinski definition) is 9. The van der Waals surface area contributed by atoms with Crippen molar-refractivity contribution >= 4 is 28.4 Å². The molecule has 0 unspecified atom stereocenters. The standard InChI is InChI=1S/C27H38N8O2/c1-2-11-31(10-1)25-23(34-12-4-8-30-34)22(21-6-3-7-29-21)24(35-13-5-17-37-35)26(33-14-9-28-20-33)27(25)32-15-18-36-19-16-32/h3-4,6-8,28-30H,1-2,5,9-20H2. The van der Waals surface area contributed by atoms with Gasteiger partial charge < -0.3 is 29.8 Å². The number of anilines is 5. The fraction of sp³-hybridized carbons (Fsp3) is 0.556. The number of hydrogen-bond donors (Lipinski definition) is 3. The predicted molar refractivity (Wildman–Crippen MR) is 148 cm³/mol. The van der Waals surface area contributed by atoms with Crippen LogP contribution in [0.15, 0.2) is 30.6 Å². The lowest BCUT2D eigenvalue weighted by Gasteiger charge is -2.42. The Labute approximate surface area is 218 Å². The lowest BCUT2D eigenvalue weighted by molar-refractivity contribution is 0.123. The first kappa shape index (κ1) is 23.1. The molecular weight excluding hydrogens is 468 g/mol. The molecule has 7 rings (SSSR count). The molecule has 0 aliphatic carbocycles. The topological polar surface area (TPSA) is 74.5 Å². The van der Waals surface area contributed by atoms with E-state index in [1.807, 2.05) is 6.20 Å². The number of hydroxylamine groups is 1. The number of hydrazine groups is 1. The summed E-state index contributed by atoms with van der Waals surface area (Å²) in [6.45, 7) is 10.7. The quantitative estimate of drug-likeness (QED) is 0.548. The molecule has 2 aromatic rings. The minimum absolute atomic E-state index is 0.751. The van der Waals surface area contributed by atoms with Crippen LogP contribution in [-0.4, -0.2) is 83.8 Å². The number of nitrogens with one attached hydrogen (secondary N) is 3. The van der Waals surface area contributed by atoms with Gasteiger partial charge in [0.15, 0.2) is 0 Å². The van der Waals surface area contributed by atoms with Gasteiger partial charge >= 0.3 is 0 Å². The van der Waals surface area contributed by atoms with Crippen LogP contribution in [0.1, 0.15) is 19.3 Å². The molecule has 0 amide bonds. The van der Waals surface area contributed by atoms with Crippen LogP contribution in [0.5, 0.6) is 0 Å². The first-order valence-corrected chi connectivity index (χ1v) is 13.9. The highest BCUT2D eigenvalue weighted by atomic mass is 16.7. The molecule has 1 aromatic carbocycles. The van der Waals surface area contributed by atoms with E-state index in [9.17, 15) is 0 Å². The fourth-order valence-electron chi connectivity index (χ4n) is 6.39. The lowest BCUT2D eigenvalue weighted by atomic mass is 9.97. The number of morpholine rings is 1. The molecule has 0 bridgehead atoms. The van der Waals surface area contributed by atoms with E-state index in [1.165, 1.54) is 46.8 Å². The second kappa shape index (κ2) is 10.00. The van der Waals surface area contributed by atoms with Crippen LogP contribution in [0.2, 0.25) is 0 Å². The van der Waals surface area contributed by atoms with Crippen LogP contribution in [0.4, 0.5) is 28.4 Å². The number of benzene rings is 1. The van der Waals surface area contributed by atoms with E-state index < -0.39 is 0 Å². The highest BCUT2D eigenvalue weighted by Crippen LogP contribution is 2.58. The maximum atomic E-state index is 6.36. The van der Waals surface area contributed by atoms with Gasteiger partial charge in [-0.05, 0) is 37.5 Å². The molecule has 5 aliphatic rings. The molecule has 1 aromatic heterocycles. The summed E-state index contributed by atoms with van der Waals surface area (Å²) in [6, 6.07) is 4.31. The van der Waals surface area contributed by atoms with Crippen molar-refractivity contribution in [2.45, 2.75) is 19.3 Å². The molecule has 37 heavy (non-hydrogen) atoms. The molecule has 5 aliphatic heterocycles. The number of nitrogens with zero attached hydrogens (tertiary/aromatic N) is 5. The van der Waals surface area contributed by atoms with Gasteiger partial charge in [0, 0.05) is 63.9 Å². The summed E-state index contributed by atoms with van der Waals surface area (Å²) in [4.78, 5) is 17.7. The van der Waals surface area contributed by atoms with Crippen molar-refractivity contribution in [1.29, 1.82) is 0 Å². The van der Waals surface area contributed by atoms with Gasteiger partial charge in [0.25, 0.3) is 0 Å². The van der Waals surface area contributed by atoms with E-state index in [-0.39, 0.29) is 0 Å². The molecule has 6 heterocycles. The zero-order valence-corrected chi connectivity index (χ0v) is 21.5. The average Bonchev–Trinajstić information content (AvgIpc) is 3.79. The SMILES string of the molecule is C1=CNN(c2c(-c3ccc[nH]3)c(N3CCCO3)c(N3CCNC3)c(N3CCOCC3)c2N2CCCC2)C1. The van der Waals surface area contributed by atoms with E-state index in [4.69, 9.17) is 9.57 Å². The van der Waals surface area contributed by atoms with Gasteiger partial charge in [-0.15, -0.1) is 0 Å². The first-order valence-electron chi connectivity index (χ1n) is 13.9. The summed E-state index contributed by atoms with van der Waals surface area (Å²) in [7, 11) is 0. The van der Waals surface area contributed by atoms with E-state index in [2.05, 4.69) is 64.9 Å². The van der Waals surface area contributed by atoms with Crippen LogP contribution < -0.4 is 35.5 Å². The summed E-state index contributed by atoms with van der Waals surface area (Å²) in [5, 5.41) is 8.09. The summed E-state index contributed by atoms with van der Waals surface area (Å²) in [6.07, 6.45) is 9.77. The van der Waals surface area contributed by atoms with Crippen LogP contribution >= 0.6 is 0 Å². The molecule has 10 heteroatoms. The number of H-pyrrole nitrogens is 1. The molecule has 0 atom stereocenters. The number of rotatable bonds is 6. The second-order valence-corrected chi connectivity index (χ2v) is 10.3. The Balaban J connectivity index is 1.58. The fourth-order valence-corrected chi connectivity index (χ4v) is 6.39. The van der Waals surface area contributed by atoms with Crippen molar-refractivity contribution < 1.29 is 9.57 Å². The van der Waals surface area contributed by atoms with Crippen molar-refractivity contribution in [3.05, 3.63) is 30.6 Å². The summed E-state index contributed by atoms with van der Waals surface area (Å²) in [5.41, 5.74) is 12.3. The lowest BCUT2D eigenvalue weighted by Crippen LogP contribution is -2.41. The zero-order chi connectivity index (χ0) is 24.6. The molecule has 3 N–H and O–H groups in total. The average molecular weight is 507 g/mol. The van der Waals surface area contributed by atoms with Gasteiger partial charge in [-0.1, -0.05) is 0 Å². The van der Waals surface area contributed by atoms with E-state index >= 15 is 0 Å². The van der Waals surface area contributed by atoms with E-state index in [0.29, 0.717) is 0 Å². The normalized spacial score (nSPS) is 22.1. The van der Waals surface area contributed by atoms with Gasteiger partial charge in [0.1, 0.15) is 5.69 Å². The van der Waals surface area contributed by atoms with Gasteiger partial charge in [0.05, 0.1) is 61.3 Å². The highest BCUT2D eigenvalue weighted by molar-refractivity contribution is 6.10. The van der Waals surface area contributed by atoms with Crippen molar-refractivity contribution in [3.63, 3.8) is 0 Å². The Morgan fingerprint density at radius 3 is 2.24 bits per heavy atom. The smallest absolute Gasteiger partial charge is 0.101 e. The maximum absolute atomic E-state index is 6.36. The van der Waals surface area contributed by atoms with Crippen LogP contribution in [0, 0.1) is 0 Å².